The van der Waals surface area contributed by atoms with Crippen LogP contribution in [-0.2, 0) is 19.5 Å². The van der Waals surface area contributed by atoms with Gasteiger partial charge in [-0.2, -0.15) is 4.98 Å². The molecule has 0 bridgehead atoms. The number of halogens is 2. The first-order chi connectivity index (χ1) is 16.0. The summed E-state index contributed by atoms with van der Waals surface area (Å²) in [6, 6.07) is 6.24. The van der Waals surface area contributed by atoms with Crippen LogP contribution < -0.4 is 10.2 Å². The van der Waals surface area contributed by atoms with Gasteiger partial charge in [0.25, 0.3) is 0 Å². The number of nitrogens with one attached hydrogen (secondary N) is 1. The summed E-state index contributed by atoms with van der Waals surface area (Å²) in [6.07, 6.45) is 3.64. The average molecular weight is 466 g/mol. The standard InChI is InChI=1S/C23H21F2N7S/c1-3-17(12-14(2)24)26-21-20-18(8-11-33-20)27-23(28-21)31-9-10-32-19(13-31)29-30-22(32)15-4-6-16(25)7-5-15/h3-7,12H,1-2,8-11,13H2,(H,26,27,28)/b17-12+. The van der Waals surface area contributed by atoms with Crippen molar-refractivity contribution in [1.29, 1.82) is 0 Å². The van der Waals surface area contributed by atoms with Crippen molar-refractivity contribution in [2.45, 2.75) is 24.4 Å². The first-order valence-corrected chi connectivity index (χ1v) is 11.4. The Labute approximate surface area is 194 Å². The summed E-state index contributed by atoms with van der Waals surface area (Å²) in [5, 5.41) is 11.8. The third-order valence-electron chi connectivity index (χ3n) is 5.44. The van der Waals surface area contributed by atoms with Crippen molar-refractivity contribution in [3.05, 3.63) is 78.4 Å². The normalized spacial score (nSPS) is 15.2. The Bertz CT molecular complexity index is 1270. The van der Waals surface area contributed by atoms with Gasteiger partial charge in [-0.1, -0.05) is 13.2 Å². The minimum absolute atomic E-state index is 0.287. The van der Waals surface area contributed by atoms with E-state index in [-0.39, 0.29) is 5.82 Å². The van der Waals surface area contributed by atoms with Gasteiger partial charge in [-0.05, 0) is 36.4 Å². The minimum Gasteiger partial charge on any atom is -0.339 e. The number of thioether (sulfide) groups is 1. The van der Waals surface area contributed by atoms with Crippen molar-refractivity contribution >= 4 is 23.5 Å². The van der Waals surface area contributed by atoms with E-state index >= 15 is 0 Å². The zero-order valence-corrected chi connectivity index (χ0v) is 18.6. The molecule has 3 aromatic rings. The zero-order valence-electron chi connectivity index (χ0n) is 17.8. The first kappa shape index (κ1) is 21.3. The molecule has 0 radical (unpaired) electrons. The van der Waals surface area contributed by atoms with Gasteiger partial charge in [-0.15, -0.1) is 22.0 Å². The minimum atomic E-state index is -0.566. The molecule has 10 heteroatoms. The van der Waals surface area contributed by atoms with E-state index in [1.54, 1.807) is 23.9 Å². The van der Waals surface area contributed by atoms with Crippen LogP contribution in [0.2, 0.25) is 0 Å². The highest BCUT2D eigenvalue weighted by Crippen LogP contribution is 2.37. The van der Waals surface area contributed by atoms with Gasteiger partial charge < -0.3 is 14.8 Å². The molecule has 2 aromatic heterocycles. The van der Waals surface area contributed by atoms with Crippen molar-refractivity contribution in [3.63, 3.8) is 0 Å². The first-order valence-electron chi connectivity index (χ1n) is 10.4. The summed E-state index contributed by atoms with van der Waals surface area (Å²) in [5.74, 6) is 2.77. The molecule has 2 aliphatic rings. The molecule has 0 unspecified atom stereocenters. The molecule has 0 amide bonds. The van der Waals surface area contributed by atoms with Crippen LogP contribution in [0.1, 0.15) is 11.5 Å². The largest absolute Gasteiger partial charge is 0.339 e. The third-order valence-corrected chi connectivity index (χ3v) is 6.57. The molecule has 5 rings (SSSR count). The van der Waals surface area contributed by atoms with Crippen LogP contribution in [0.4, 0.5) is 20.5 Å². The highest BCUT2D eigenvalue weighted by Gasteiger charge is 2.27. The number of aryl methyl sites for hydroxylation is 1. The van der Waals surface area contributed by atoms with Crippen LogP contribution >= 0.6 is 11.8 Å². The number of rotatable bonds is 6. The van der Waals surface area contributed by atoms with E-state index in [2.05, 4.69) is 33.6 Å². The summed E-state index contributed by atoms with van der Waals surface area (Å²) < 4.78 is 28.7. The molecule has 33 heavy (non-hydrogen) atoms. The zero-order chi connectivity index (χ0) is 22.9. The number of fused-ring (bicyclic) bond motifs is 2. The molecule has 0 saturated heterocycles. The van der Waals surface area contributed by atoms with E-state index in [9.17, 15) is 8.78 Å². The number of hydrogen-bond donors (Lipinski definition) is 1. The van der Waals surface area contributed by atoms with Gasteiger partial charge in [0, 0.05) is 36.5 Å². The third kappa shape index (κ3) is 4.25. The highest BCUT2D eigenvalue weighted by atomic mass is 32.2. The second-order valence-electron chi connectivity index (χ2n) is 7.64. The Morgan fingerprint density at radius 3 is 2.73 bits per heavy atom. The molecular formula is C23H21F2N7S. The molecule has 0 aliphatic carbocycles. The second kappa shape index (κ2) is 8.78. The molecule has 0 saturated carbocycles. The Hall–Kier alpha value is -3.53. The Morgan fingerprint density at radius 1 is 1.15 bits per heavy atom. The molecule has 1 aromatic carbocycles. The van der Waals surface area contributed by atoms with E-state index in [0.29, 0.717) is 42.9 Å². The number of hydrogen-bond acceptors (Lipinski definition) is 7. The number of aromatic nitrogens is 5. The topological polar surface area (TPSA) is 71.8 Å². The maximum Gasteiger partial charge on any atom is 0.228 e. The number of allylic oxidation sites excluding steroid dienone is 3. The molecule has 7 nitrogen and oxygen atoms in total. The fourth-order valence-corrected chi connectivity index (χ4v) is 4.92. The van der Waals surface area contributed by atoms with Crippen LogP contribution in [0.3, 0.4) is 0 Å². The van der Waals surface area contributed by atoms with Crippen LogP contribution in [-0.4, -0.2) is 37.0 Å². The van der Waals surface area contributed by atoms with Gasteiger partial charge in [0.1, 0.15) is 17.5 Å². The quantitative estimate of drug-likeness (QED) is 0.537. The van der Waals surface area contributed by atoms with Crippen LogP contribution in [0, 0.1) is 5.82 Å². The lowest BCUT2D eigenvalue weighted by atomic mass is 10.2. The maximum atomic E-state index is 13.3. The Kier molecular flexibility index (Phi) is 5.67. The van der Waals surface area contributed by atoms with Crippen LogP contribution in [0.25, 0.3) is 11.4 Å². The van der Waals surface area contributed by atoms with E-state index in [1.807, 2.05) is 4.57 Å². The molecule has 0 atom stereocenters. The van der Waals surface area contributed by atoms with Gasteiger partial charge in [0.2, 0.25) is 5.95 Å². The van der Waals surface area contributed by atoms with Gasteiger partial charge in [-0.3, -0.25) is 0 Å². The van der Waals surface area contributed by atoms with Crippen LogP contribution in [0.5, 0.6) is 0 Å². The second-order valence-corrected chi connectivity index (χ2v) is 8.75. The van der Waals surface area contributed by atoms with E-state index in [0.717, 1.165) is 34.2 Å². The molecule has 0 fully saturated rings. The summed E-state index contributed by atoms with van der Waals surface area (Å²) in [5.41, 5.74) is 2.26. The fourth-order valence-electron chi connectivity index (χ4n) is 3.87. The molecule has 168 valence electrons. The van der Waals surface area contributed by atoms with Gasteiger partial charge >= 0.3 is 0 Å². The number of benzene rings is 1. The van der Waals surface area contributed by atoms with Crippen LogP contribution in [0.15, 0.2) is 66.0 Å². The maximum absolute atomic E-state index is 13.3. The summed E-state index contributed by atoms with van der Waals surface area (Å²) in [6.45, 7) is 8.82. The summed E-state index contributed by atoms with van der Waals surface area (Å²) in [7, 11) is 0. The Balaban J connectivity index is 1.44. The highest BCUT2D eigenvalue weighted by molar-refractivity contribution is 7.99. The van der Waals surface area contributed by atoms with Gasteiger partial charge in [0.05, 0.1) is 17.1 Å². The smallest absolute Gasteiger partial charge is 0.228 e. The van der Waals surface area contributed by atoms with Crippen molar-refractivity contribution < 1.29 is 8.78 Å². The number of anilines is 2. The molecule has 4 heterocycles. The molecule has 1 N–H and O–H groups in total. The Morgan fingerprint density at radius 2 is 1.97 bits per heavy atom. The van der Waals surface area contributed by atoms with E-state index in [1.165, 1.54) is 24.3 Å². The molecular weight excluding hydrogens is 444 g/mol. The van der Waals surface area contributed by atoms with Crippen molar-refractivity contribution in [2.75, 3.05) is 22.5 Å². The summed E-state index contributed by atoms with van der Waals surface area (Å²) in [4.78, 5) is 12.6. The van der Waals surface area contributed by atoms with Gasteiger partial charge in [-0.25, -0.2) is 13.8 Å². The summed E-state index contributed by atoms with van der Waals surface area (Å²) >= 11 is 1.67. The fraction of sp³-hybridized carbons (Fsp3) is 0.217. The van der Waals surface area contributed by atoms with Crippen molar-refractivity contribution in [1.82, 2.24) is 24.7 Å². The van der Waals surface area contributed by atoms with Crippen molar-refractivity contribution in [3.8, 4) is 11.4 Å². The van der Waals surface area contributed by atoms with E-state index in [4.69, 9.17) is 9.97 Å². The lowest BCUT2D eigenvalue weighted by molar-refractivity contribution is 0.554. The lowest BCUT2D eigenvalue weighted by Crippen LogP contribution is -2.35. The molecule has 0 spiro atoms. The predicted octanol–water partition coefficient (Wildman–Crippen LogP) is 4.51. The SMILES string of the molecule is C=C/C(=C\C(=C)F)Nc1nc(N2CCn3c(nnc3-c3ccc(F)cc3)C2)nc2c1SCC2. The number of nitrogens with zero attached hydrogens (tertiary/aromatic N) is 6. The van der Waals surface area contributed by atoms with E-state index < -0.39 is 5.83 Å². The van der Waals surface area contributed by atoms with Gasteiger partial charge in [0.15, 0.2) is 11.6 Å². The van der Waals surface area contributed by atoms with Crippen molar-refractivity contribution in [2.24, 2.45) is 0 Å². The average Bonchev–Trinajstić information content (AvgIpc) is 3.45. The lowest BCUT2D eigenvalue weighted by Gasteiger charge is -2.28. The predicted molar refractivity (Wildman–Crippen MR) is 125 cm³/mol. The molecule has 2 aliphatic heterocycles. The monoisotopic (exact) mass is 465 g/mol.